The predicted molar refractivity (Wildman–Crippen MR) is 58.8 cm³/mol. The largest absolute Gasteiger partial charge is 0.507 e. The zero-order chi connectivity index (χ0) is 10.4. The third-order valence-corrected chi connectivity index (χ3v) is 1.85. The molecular formula is C11H10O2S. The Hall–Kier alpha value is -1.40. The number of benzene rings is 1. The lowest BCUT2D eigenvalue weighted by Crippen LogP contribution is -1.82. The van der Waals surface area contributed by atoms with Gasteiger partial charge in [-0.15, -0.1) is 0 Å². The highest BCUT2D eigenvalue weighted by Gasteiger charge is 1.98. The first-order chi connectivity index (χ1) is 6.77. The Labute approximate surface area is 88.4 Å². The third-order valence-electron chi connectivity index (χ3n) is 1.63. The highest BCUT2D eigenvalue weighted by Crippen LogP contribution is 2.15. The highest BCUT2D eigenvalue weighted by molar-refractivity contribution is 7.80. The van der Waals surface area contributed by atoms with Gasteiger partial charge in [0.2, 0.25) is 0 Å². The Morgan fingerprint density at radius 2 is 2.29 bits per heavy atom. The molecule has 1 aromatic carbocycles. The minimum absolute atomic E-state index is 0.0299. The molecular weight excluding hydrogens is 196 g/mol. The maximum absolute atomic E-state index is 10.4. The Morgan fingerprint density at radius 1 is 1.50 bits per heavy atom. The summed E-state index contributed by atoms with van der Waals surface area (Å²) in [6.45, 7) is 0. The van der Waals surface area contributed by atoms with E-state index in [0.29, 0.717) is 24.0 Å². The fourth-order valence-corrected chi connectivity index (χ4v) is 1.05. The molecule has 0 aliphatic carbocycles. The molecule has 0 amide bonds. The summed E-state index contributed by atoms with van der Waals surface area (Å²) < 4.78 is 0. The molecule has 0 heterocycles. The van der Waals surface area contributed by atoms with E-state index in [1.165, 1.54) is 6.07 Å². The van der Waals surface area contributed by atoms with E-state index >= 15 is 0 Å². The monoisotopic (exact) mass is 206 g/mol. The van der Waals surface area contributed by atoms with Gasteiger partial charge in [0.05, 0.1) is 5.56 Å². The van der Waals surface area contributed by atoms with Crippen molar-refractivity contribution in [1.29, 1.82) is 0 Å². The van der Waals surface area contributed by atoms with Gasteiger partial charge >= 0.3 is 0 Å². The average molecular weight is 206 g/mol. The Bertz CT molecular complexity index is 388. The van der Waals surface area contributed by atoms with Crippen LogP contribution in [0.15, 0.2) is 18.2 Å². The standard InChI is InChI=1S/C11H10O2S/c12-8-10-5-4-9(7-11(10)13)3-1-2-6-14/h4-5,7-8,13-14H,2,6H2. The zero-order valence-corrected chi connectivity index (χ0v) is 8.42. The van der Waals surface area contributed by atoms with Gasteiger partial charge in [-0.05, 0) is 18.2 Å². The highest BCUT2D eigenvalue weighted by atomic mass is 32.1. The van der Waals surface area contributed by atoms with Crippen LogP contribution < -0.4 is 0 Å². The summed E-state index contributed by atoms with van der Waals surface area (Å²) in [5, 5.41) is 9.33. The van der Waals surface area contributed by atoms with Gasteiger partial charge < -0.3 is 5.11 Å². The molecule has 1 rings (SSSR count). The molecule has 0 atom stereocenters. The minimum Gasteiger partial charge on any atom is -0.507 e. The number of phenols is 1. The topological polar surface area (TPSA) is 37.3 Å². The Balaban J connectivity index is 2.88. The smallest absolute Gasteiger partial charge is 0.153 e. The molecule has 72 valence electrons. The van der Waals surface area contributed by atoms with Crippen molar-refractivity contribution in [3.05, 3.63) is 29.3 Å². The first kappa shape index (κ1) is 10.7. The number of aldehydes is 1. The zero-order valence-electron chi connectivity index (χ0n) is 7.53. The van der Waals surface area contributed by atoms with Gasteiger partial charge in [-0.3, -0.25) is 4.79 Å². The van der Waals surface area contributed by atoms with Crippen LogP contribution in [-0.2, 0) is 0 Å². The second-order valence-electron chi connectivity index (χ2n) is 2.67. The van der Waals surface area contributed by atoms with Crippen molar-refractivity contribution in [2.45, 2.75) is 6.42 Å². The molecule has 14 heavy (non-hydrogen) atoms. The number of rotatable bonds is 2. The second kappa shape index (κ2) is 5.36. The van der Waals surface area contributed by atoms with Crippen LogP contribution in [0.5, 0.6) is 5.75 Å². The van der Waals surface area contributed by atoms with Crippen LogP contribution in [0, 0.1) is 11.8 Å². The minimum atomic E-state index is -0.0299. The predicted octanol–water partition coefficient (Wildman–Crippen LogP) is 1.88. The van der Waals surface area contributed by atoms with Crippen molar-refractivity contribution >= 4 is 18.9 Å². The molecule has 0 aromatic heterocycles. The van der Waals surface area contributed by atoms with Gasteiger partial charge in [0, 0.05) is 17.7 Å². The number of thiol groups is 1. The molecule has 0 saturated carbocycles. The number of aromatic hydroxyl groups is 1. The second-order valence-corrected chi connectivity index (χ2v) is 3.11. The number of hydrogen-bond acceptors (Lipinski definition) is 3. The van der Waals surface area contributed by atoms with Crippen molar-refractivity contribution in [3.63, 3.8) is 0 Å². The summed E-state index contributed by atoms with van der Waals surface area (Å²) in [5.74, 6) is 6.44. The molecule has 1 N–H and O–H groups in total. The van der Waals surface area contributed by atoms with E-state index in [4.69, 9.17) is 0 Å². The molecule has 0 aliphatic heterocycles. The van der Waals surface area contributed by atoms with Gasteiger partial charge in [-0.1, -0.05) is 11.8 Å². The third kappa shape index (κ3) is 2.82. The average Bonchev–Trinajstić information content (AvgIpc) is 2.18. The van der Waals surface area contributed by atoms with Crippen molar-refractivity contribution < 1.29 is 9.90 Å². The van der Waals surface area contributed by atoms with E-state index in [9.17, 15) is 9.90 Å². The van der Waals surface area contributed by atoms with Crippen molar-refractivity contribution in [1.82, 2.24) is 0 Å². The van der Waals surface area contributed by atoms with E-state index in [1.807, 2.05) is 0 Å². The van der Waals surface area contributed by atoms with Crippen molar-refractivity contribution in [2.75, 3.05) is 5.75 Å². The van der Waals surface area contributed by atoms with Gasteiger partial charge in [0.15, 0.2) is 6.29 Å². The molecule has 3 heteroatoms. The lowest BCUT2D eigenvalue weighted by molar-refractivity contribution is 0.112. The first-order valence-electron chi connectivity index (χ1n) is 4.16. The number of phenolic OH excluding ortho intramolecular Hbond substituents is 1. The van der Waals surface area contributed by atoms with E-state index in [2.05, 4.69) is 24.5 Å². The molecule has 0 spiro atoms. The first-order valence-corrected chi connectivity index (χ1v) is 4.79. The van der Waals surface area contributed by atoms with E-state index in [1.54, 1.807) is 12.1 Å². The maximum Gasteiger partial charge on any atom is 0.153 e. The lowest BCUT2D eigenvalue weighted by atomic mass is 10.1. The summed E-state index contributed by atoms with van der Waals surface area (Å²) in [4.78, 5) is 10.4. The van der Waals surface area contributed by atoms with Crippen molar-refractivity contribution in [2.24, 2.45) is 0 Å². The molecule has 0 fully saturated rings. The molecule has 0 radical (unpaired) electrons. The maximum atomic E-state index is 10.4. The Kier molecular flexibility index (Phi) is 4.09. The van der Waals surface area contributed by atoms with Crippen LogP contribution in [0.3, 0.4) is 0 Å². The molecule has 0 unspecified atom stereocenters. The van der Waals surface area contributed by atoms with E-state index in [-0.39, 0.29) is 11.3 Å². The van der Waals surface area contributed by atoms with Crippen LogP contribution in [0.2, 0.25) is 0 Å². The van der Waals surface area contributed by atoms with Crippen LogP contribution in [0.25, 0.3) is 0 Å². The number of carbonyl (C=O) groups excluding carboxylic acids is 1. The van der Waals surface area contributed by atoms with Gasteiger partial charge in [-0.25, -0.2) is 0 Å². The normalized spacial score (nSPS) is 8.93. The van der Waals surface area contributed by atoms with Crippen LogP contribution in [-0.4, -0.2) is 17.1 Å². The number of carbonyl (C=O) groups is 1. The quantitative estimate of drug-likeness (QED) is 0.440. The van der Waals surface area contributed by atoms with Crippen LogP contribution >= 0.6 is 12.6 Å². The van der Waals surface area contributed by atoms with Crippen molar-refractivity contribution in [3.8, 4) is 17.6 Å². The van der Waals surface area contributed by atoms with Crippen LogP contribution in [0.1, 0.15) is 22.3 Å². The summed E-state index contributed by atoms with van der Waals surface area (Å²) in [6, 6.07) is 4.73. The van der Waals surface area contributed by atoms with Crippen LogP contribution in [0.4, 0.5) is 0 Å². The van der Waals surface area contributed by atoms with Gasteiger partial charge in [0.1, 0.15) is 5.75 Å². The summed E-state index contributed by atoms with van der Waals surface area (Å²) in [7, 11) is 0. The summed E-state index contributed by atoms with van der Waals surface area (Å²) in [6.07, 6.45) is 1.32. The van der Waals surface area contributed by atoms with E-state index in [0.717, 1.165) is 0 Å². The molecule has 0 saturated heterocycles. The molecule has 0 aliphatic rings. The summed E-state index contributed by atoms with van der Waals surface area (Å²) in [5.41, 5.74) is 0.986. The number of hydrogen-bond donors (Lipinski definition) is 2. The van der Waals surface area contributed by atoms with Gasteiger partial charge in [0.25, 0.3) is 0 Å². The fraction of sp³-hybridized carbons (Fsp3) is 0.182. The molecule has 1 aromatic rings. The summed E-state index contributed by atoms with van der Waals surface area (Å²) >= 11 is 4.02. The lowest BCUT2D eigenvalue weighted by Gasteiger charge is -1.96. The molecule has 2 nitrogen and oxygen atoms in total. The SMILES string of the molecule is O=Cc1ccc(C#CCCS)cc1O. The fourth-order valence-electron chi connectivity index (χ4n) is 0.942. The van der Waals surface area contributed by atoms with Gasteiger partial charge in [-0.2, -0.15) is 12.6 Å². The molecule has 0 bridgehead atoms. The Morgan fingerprint density at radius 3 is 2.86 bits per heavy atom. The van der Waals surface area contributed by atoms with E-state index < -0.39 is 0 Å².